The first kappa shape index (κ1) is 20.7. The second-order valence-electron chi connectivity index (χ2n) is 4.89. The van der Waals surface area contributed by atoms with Crippen molar-refractivity contribution in [2.75, 3.05) is 13.1 Å². The van der Waals surface area contributed by atoms with E-state index in [-0.39, 0.29) is 19.5 Å². The SMILES string of the molecule is C=CCNC(=O)[C@@H](C)OC(=O)CCNS(=O)(=O)c1ccc(F)c(F)c1. The molecule has 0 spiro atoms. The van der Waals surface area contributed by atoms with Crippen LogP contribution in [0.4, 0.5) is 8.78 Å². The van der Waals surface area contributed by atoms with Crippen molar-refractivity contribution in [1.29, 1.82) is 0 Å². The van der Waals surface area contributed by atoms with Crippen LogP contribution >= 0.6 is 0 Å². The van der Waals surface area contributed by atoms with Crippen molar-refractivity contribution in [3.8, 4) is 0 Å². The highest BCUT2D eigenvalue weighted by molar-refractivity contribution is 7.89. The van der Waals surface area contributed by atoms with Gasteiger partial charge < -0.3 is 10.1 Å². The van der Waals surface area contributed by atoms with Crippen LogP contribution in [0.15, 0.2) is 35.7 Å². The molecule has 25 heavy (non-hydrogen) atoms. The number of esters is 1. The van der Waals surface area contributed by atoms with Crippen LogP contribution in [0, 0.1) is 11.6 Å². The molecule has 2 N–H and O–H groups in total. The van der Waals surface area contributed by atoms with Crippen molar-refractivity contribution in [2.45, 2.75) is 24.3 Å². The lowest BCUT2D eigenvalue weighted by Crippen LogP contribution is -2.36. The molecule has 0 heterocycles. The number of nitrogens with one attached hydrogen (secondary N) is 2. The fraction of sp³-hybridized carbons (Fsp3) is 0.333. The Balaban J connectivity index is 2.50. The maximum Gasteiger partial charge on any atom is 0.307 e. The molecule has 1 aromatic rings. The molecule has 0 unspecified atom stereocenters. The van der Waals surface area contributed by atoms with Crippen molar-refractivity contribution < 1.29 is 31.5 Å². The van der Waals surface area contributed by atoms with Crippen LogP contribution in [0.2, 0.25) is 0 Å². The summed E-state index contributed by atoms with van der Waals surface area (Å²) in [6, 6.07) is 2.11. The van der Waals surface area contributed by atoms with E-state index in [2.05, 4.69) is 16.6 Å². The van der Waals surface area contributed by atoms with Gasteiger partial charge in [-0.25, -0.2) is 21.9 Å². The molecule has 0 aliphatic carbocycles. The molecule has 0 saturated carbocycles. The van der Waals surface area contributed by atoms with Crippen LogP contribution in [0.5, 0.6) is 0 Å². The highest BCUT2D eigenvalue weighted by Crippen LogP contribution is 2.13. The van der Waals surface area contributed by atoms with Gasteiger partial charge in [-0.15, -0.1) is 6.58 Å². The van der Waals surface area contributed by atoms with E-state index < -0.39 is 44.5 Å². The zero-order valence-corrected chi connectivity index (χ0v) is 14.2. The maximum atomic E-state index is 13.1. The number of hydrogen-bond acceptors (Lipinski definition) is 5. The second kappa shape index (κ2) is 9.23. The van der Waals surface area contributed by atoms with Gasteiger partial charge in [0.1, 0.15) is 0 Å². The minimum absolute atomic E-state index is 0.217. The van der Waals surface area contributed by atoms with Gasteiger partial charge in [0.2, 0.25) is 10.0 Å². The third kappa shape index (κ3) is 6.59. The molecule has 0 saturated heterocycles. The summed E-state index contributed by atoms with van der Waals surface area (Å²) < 4.78 is 56.6. The first-order valence-electron chi connectivity index (χ1n) is 7.20. The van der Waals surface area contributed by atoms with Crippen molar-refractivity contribution in [3.05, 3.63) is 42.5 Å². The van der Waals surface area contributed by atoms with Gasteiger partial charge in [-0.1, -0.05) is 6.08 Å². The lowest BCUT2D eigenvalue weighted by molar-refractivity contribution is -0.154. The molecule has 10 heteroatoms. The van der Waals surface area contributed by atoms with Gasteiger partial charge in [-0.05, 0) is 25.1 Å². The van der Waals surface area contributed by atoms with Gasteiger partial charge in [0.25, 0.3) is 5.91 Å². The maximum absolute atomic E-state index is 13.1. The molecule has 0 fully saturated rings. The largest absolute Gasteiger partial charge is 0.453 e. The standard InChI is InChI=1S/C15H18F2N2O5S/c1-3-7-18-15(21)10(2)24-14(20)6-8-19-25(22,23)11-4-5-12(16)13(17)9-11/h3-5,9-10,19H,1,6-8H2,2H3,(H,18,21)/t10-/m1/s1. The lowest BCUT2D eigenvalue weighted by Gasteiger charge is -2.13. The molecular weight excluding hydrogens is 358 g/mol. The molecule has 1 rings (SSSR count). The fourth-order valence-corrected chi connectivity index (χ4v) is 2.68. The number of sulfonamides is 1. The third-order valence-corrected chi connectivity index (χ3v) is 4.38. The molecule has 0 aromatic heterocycles. The molecule has 1 amide bonds. The Morgan fingerprint density at radius 2 is 2.00 bits per heavy atom. The average molecular weight is 376 g/mol. The Bertz CT molecular complexity index is 752. The number of carbonyl (C=O) groups is 2. The number of benzene rings is 1. The summed E-state index contributed by atoms with van der Waals surface area (Å²) in [5, 5.41) is 2.44. The summed E-state index contributed by atoms with van der Waals surface area (Å²) in [4.78, 5) is 22.6. The lowest BCUT2D eigenvalue weighted by atomic mass is 10.3. The minimum atomic E-state index is -4.11. The predicted octanol–water partition coefficient (Wildman–Crippen LogP) is 0.867. The minimum Gasteiger partial charge on any atom is -0.453 e. The summed E-state index contributed by atoms with van der Waals surface area (Å²) in [7, 11) is -4.11. The van der Waals surface area contributed by atoms with Gasteiger partial charge in [-0.3, -0.25) is 9.59 Å². The highest BCUT2D eigenvalue weighted by atomic mass is 32.2. The first-order chi connectivity index (χ1) is 11.7. The highest BCUT2D eigenvalue weighted by Gasteiger charge is 2.19. The summed E-state index contributed by atoms with van der Waals surface area (Å²) in [6.45, 7) is 4.67. The average Bonchev–Trinajstić information content (AvgIpc) is 2.54. The van der Waals surface area contributed by atoms with Crippen molar-refractivity contribution in [1.82, 2.24) is 10.0 Å². The zero-order valence-electron chi connectivity index (χ0n) is 13.4. The Kier molecular flexibility index (Phi) is 7.65. The molecule has 0 bridgehead atoms. The number of hydrogen-bond donors (Lipinski definition) is 2. The van der Waals surface area contributed by atoms with Crippen LogP contribution in [-0.4, -0.2) is 39.5 Å². The van der Waals surface area contributed by atoms with E-state index in [4.69, 9.17) is 4.74 Å². The summed E-state index contributed by atoms with van der Waals surface area (Å²) in [5.41, 5.74) is 0. The fourth-order valence-electron chi connectivity index (χ4n) is 1.64. The first-order valence-corrected chi connectivity index (χ1v) is 8.68. The van der Waals surface area contributed by atoms with Crippen molar-refractivity contribution in [2.24, 2.45) is 0 Å². The molecule has 1 atom stereocenters. The van der Waals surface area contributed by atoms with E-state index in [0.717, 1.165) is 6.07 Å². The van der Waals surface area contributed by atoms with Crippen LogP contribution in [0.1, 0.15) is 13.3 Å². The van der Waals surface area contributed by atoms with Crippen LogP contribution in [0.25, 0.3) is 0 Å². The van der Waals surface area contributed by atoms with Crippen molar-refractivity contribution in [3.63, 3.8) is 0 Å². The second-order valence-corrected chi connectivity index (χ2v) is 6.66. The number of ether oxygens (including phenoxy) is 1. The van der Waals surface area contributed by atoms with E-state index in [1.54, 1.807) is 0 Å². The smallest absolute Gasteiger partial charge is 0.307 e. The molecule has 7 nitrogen and oxygen atoms in total. The number of carbonyl (C=O) groups excluding carboxylic acids is 2. The van der Waals surface area contributed by atoms with Crippen LogP contribution in [-0.2, 0) is 24.3 Å². The van der Waals surface area contributed by atoms with Gasteiger partial charge in [0.05, 0.1) is 11.3 Å². The molecule has 0 aliphatic heterocycles. The molecule has 0 aliphatic rings. The van der Waals surface area contributed by atoms with E-state index >= 15 is 0 Å². The monoisotopic (exact) mass is 376 g/mol. The topological polar surface area (TPSA) is 102 Å². The molecule has 1 aromatic carbocycles. The zero-order chi connectivity index (χ0) is 19.0. The molecular formula is C15H18F2N2O5S. The Morgan fingerprint density at radius 1 is 1.32 bits per heavy atom. The van der Waals surface area contributed by atoms with Crippen molar-refractivity contribution >= 4 is 21.9 Å². The number of amides is 1. The summed E-state index contributed by atoms with van der Waals surface area (Å²) in [5.74, 6) is -3.79. The quantitative estimate of drug-likeness (QED) is 0.492. The molecule has 138 valence electrons. The van der Waals surface area contributed by atoms with Gasteiger partial charge >= 0.3 is 5.97 Å². The Labute approximate surface area is 144 Å². The number of rotatable bonds is 9. The number of halogens is 2. The van der Waals surface area contributed by atoms with Crippen LogP contribution in [0.3, 0.4) is 0 Å². The Morgan fingerprint density at radius 3 is 2.60 bits per heavy atom. The van der Waals surface area contributed by atoms with E-state index in [9.17, 15) is 26.8 Å². The van der Waals surface area contributed by atoms with E-state index in [0.29, 0.717) is 12.1 Å². The van der Waals surface area contributed by atoms with Gasteiger partial charge in [0, 0.05) is 13.1 Å². The molecule has 0 radical (unpaired) electrons. The normalized spacial score (nSPS) is 12.3. The summed E-state index contributed by atoms with van der Waals surface area (Å²) in [6.07, 6.45) is 0.0665. The Hall–Kier alpha value is -2.33. The van der Waals surface area contributed by atoms with E-state index in [1.165, 1.54) is 13.0 Å². The van der Waals surface area contributed by atoms with Gasteiger partial charge in [0.15, 0.2) is 17.7 Å². The van der Waals surface area contributed by atoms with Crippen LogP contribution < -0.4 is 10.0 Å². The summed E-state index contributed by atoms with van der Waals surface area (Å²) >= 11 is 0. The third-order valence-electron chi connectivity index (χ3n) is 2.92. The van der Waals surface area contributed by atoms with Gasteiger partial charge in [-0.2, -0.15) is 0 Å². The van der Waals surface area contributed by atoms with E-state index in [1.807, 2.05) is 0 Å². The predicted molar refractivity (Wildman–Crippen MR) is 84.9 cm³/mol.